The van der Waals surface area contributed by atoms with Gasteiger partial charge in [-0.05, 0) is 0 Å². The second-order valence-electron chi connectivity index (χ2n) is 8.13. The van der Waals surface area contributed by atoms with Crippen molar-refractivity contribution >= 4 is 33.6 Å². The number of hydrogen-bond donors (Lipinski definition) is 4. The van der Waals surface area contributed by atoms with Gasteiger partial charge in [0, 0.05) is 0 Å². The van der Waals surface area contributed by atoms with Crippen molar-refractivity contribution in [2.75, 3.05) is 18.9 Å². The molecule has 1 rings (SSSR count). The minimum atomic E-state index is -3.42. The average molecular weight is 466 g/mol. The van der Waals surface area contributed by atoms with Gasteiger partial charge in [-0.2, -0.15) is 0 Å². The summed E-state index contributed by atoms with van der Waals surface area (Å²) < 4.78 is 12.0. The van der Waals surface area contributed by atoms with Gasteiger partial charge in [-0.15, -0.1) is 0 Å². The van der Waals surface area contributed by atoms with E-state index in [2.05, 4.69) is 5.32 Å². The van der Waals surface area contributed by atoms with Crippen molar-refractivity contribution in [1.29, 1.82) is 0 Å². The van der Waals surface area contributed by atoms with Gasteiger partial charge in [0.05, 0.1) is 0 Å². The molecule has 0 radical (unpaired) electrons. The molecular formula is C18H36AsN2O5P. The summed E-state index contributed by atoms with van der Waals surface area (Å²) in [6.07, 6.45) is 4.33. The number of aliphatic hydroxyl groups is 1. The molecule has 1 aliphatic rings. The van der Waals surface area contributed by atoms with E-state index in [1.807, 2.05) is 13.8 Å². The summed E-state index contributed by atoms with van der Waals surface area (Å²) in [5.41, 5.74) is 5.60. The second kappa shape index (κ2) is 11.7. The van der Waals surface area contributed by atoms with Gasteiger partial charge < -0.3 is 0 Å². The summed E-state index contributed by atoms with van der Waals surface area (Å²) in [6, 6.07) is -0.565. The first-order valence-electron chi connectivity index (χ1n) is 9.84. The average Bonchev–Trinajstić information content (AvgIpc) is 2.56. The van der Waals surface area contributed by atoms with Crippen LogP contribution in [0.15, 0.2) is 0 Å². The Labute approximate surface area is 169 Å². The van der Waals surface area contributed by atoms with Crippen LogP contribution in [0.3, 0.4) is 0 Å². The van der Waals surface area contributed by atoms with Crippen LogP contribution in [0.1, 0.15) is 52.9 Å². The first kappa shape index (κ1) is 24.8. The Balaban J connectivity index is 2.48. The third kappa shape index (κ3) is 9.71. The number of rotatable bonds is 11. The van der Waals surface area contributed by atoms with Crippen molar-refractivity contribution < 1.29 is 24.2 Å². The van der Waals surface area contributed by atoms with Crippen LogP contribution in [-0.2, 0) is 14.2 Å². The molecule has 0 heterocycles. The molecule has 0 aromatic carbocycles. The summed E-state index contributed by atoms with van der Waals surface area (Å²) in [6.45, 7) is 5.31. The van der Waals surface area contributed by atoms with E-state index in [0.717, 1.165) is 25.7 Å². The number of amides is 1. The molecule has 0 aromatic rings. The summed E-state index contributed by atoms with van der Waals surface area (Å²) in [5.74, 6) is -0.0189. The van der Waals surface area contributed by atoms with Crippen LogP contribution in [0.2, 0.25) is 4.71 Å². The Kier molecular flexibility index (Phi) is 10.8. The Hall–Kier alpha value is -0.192. The van der Waals surface area contributed by atoms with E-state index in [9.17, 15) is 24.2 Å². The first-order chi connectivity index (χ1) is 12.5. The molecule has 1 aliphatic carbocycles. The number of nitrogens with two attached hydrogens (primary N) is 1. The predicted octanol–water partition coefficient (Wildman–Crippen LogP) is 1.07. The molecule has 1 amide bonds. The standard InChI is InChI=1S/C18H36AsN2O5P/c1-12(2)16(19-17(23)13(3)20)18(24)21-9-15(22)11-27(25,26)10-14-7-5-4-6-8-14/h12-16,19,22H,4-11,20H2,1-3H3,(H,21,24)(H,25,26)/t13-,15+,16-/m0/s1. The zero-order valence-corrected chi connectivity index (χ0v) is 19.7. The molecule has 9 heteroatoms. The molecule has 0 aromatic heterocycles. The van der Waals surface area contributed by atoms with Gasteiger partial charge in [-0.25, -0.2) is 0 Å². The van der Waals surface area contributed by atoms with Crippen molar-refractivity contribution in [3.8, 4) is 0 Å². The summed E-state index contributed by atoms with van der Waals surface area (Å²) in [7, 11) is -3.42. The van der Waals surface area contributed by atoms with Gasteiger partial charge in [0.15, 0.2) is 0 Å². The van der Waals surface area contributed by atoms with Crippen LogP contribution in [0.5, 0.6) is 0 Å². The van der Waals surface area contributed by atoms with E-state index in [1.165, 1.54) is 6.42 Å². The topological polar surface area (TPSA) is 130 Å². The van der Waals surface area contributed by atoms with E-state index in [-0.39, 0.29) is 41.2 Å². The van der Waals surface area contributed by atoms with Crippen molar-refractivity contribution in [2.24, 2.45) is 17.6 Å². The van der Waals surface area contributed by atoms with Crippen LogP contribution in [0.4, 0.5) is 0 Å². The number of carbonyl (C=O) groups excluding carboxylic acids is 2. The van der Waals surface area contributed by atoms with E-state index >= 15 is 0 Å². The van der Waals surface area contributed by atoms with Crippen LogP contribution in [0.25, 0.3) is 0 Å². The normalized spacial score (nSPS) is 21.7. The number of carbonyl (C=O) groups is 2. The molecule has 0 aliphatic heterocycles. The van der Waals surface area contributed by atoms with Crippen molar-refractivity contribution in [1.82, 2.24) is 5.32 Å². The molecule has 2 unspecified atom stereocenters. The van der Waals surface area contributed by atoms with Gasteiger partial charge in [0.25, 0.3) is 0 Å². The molecule has 5 atom stereocenters. The zero-order valence-electron chi connectivity index (χ0n) is 16.7. The molecule has 5 N–H and O–H groups in total. The van der Waals surface area contributed by atoms with Crippen LogP contribution in [-0.4, -0.2) is 67.2 Å². The van der Waals surface area contributed by atoms with Crippen LogP contribution in [0, 0.1) is 11.8 Å². The molecule has 7 nitrogen and oxygen atoms in total. The molecule has 0 bridgehead atoms. The van der Waals surface area contributed by atoms with Gasteiger partial charge in [0.2, 0.25) is 0 Å². The Bertz CT molecular complexity index is 538. The molecule has 0 saturated heterocycles. The van der Waals surface area contributed by atoms with Crippen LogP contribution < -0.4 is 11.1 Å². The number of aliphatic hydroxyl groups excluding tert-OH is 1. The fourth-order valence-electron chi connectivity index (χ4n) is 3.39. The van der Waals surface area contributed by atoms with Crippen molar-refractivity contribution in [2.45, 2.75) is 69.7 Å². The maximum atomic E-state index is 12.4. The Morgan fingerprint density at radius 2 is 1.81 bits per heavy atom. The SMILES string of the molecule is CC(C)[C@H]([AsH]C(=O)[C@H](C)N)C(=O)NC[C@@H](O)CP(=O)(O)CC1CCCCC1. The van der Waals surface area contributed by atoms with Gasteiger partial charge in [-0.1, -0.05) is 0 Å². The third-order valence-corrected chi connectivity index (χ3v) is 11.2. The van der Waals surface area contributed by atoms with Gasteiger partial charge in [0.1, 0.15) is 0 Å². The fraction of sp³-hybridized carbons (Fsp3) is 0.889. The Morgan fingerprint density at radius 3 is 2.33 bits per heavy atom. The zero-order chi connectivity index (χ0) is 20.6. The summed E-state index contributed by atoms with van der Waals surface area (Å²) >= 11 is -1.21. The van der Waals surface area contributed by atoms with Crippen molar-refractivity contribution in [3.05, 3.63) is 0 Å². The molecule has 0 spiro atoms. The molecular weight excluding hydrogens is 430 g/mol. The monoisotopic (exact) mass is 466 g/mol. The van der Waals surface area contributed by atoms with E-state index in [0.29, 0.717) is 0 Å². The van der Waals surface area contributed by atoms with E-state index < -0.39 is 40.0 Å². The van der Waals surface area contributed by atoms with E-state index in [4.69, 9.17) is 5.73 Å². The van der Waals surface area contributed by atoms with Crippen molar-refractivity contribution in [3.63, 3.8) is 0 Å². The molecule has 1 saturated carbocycles. The maximum absolute atomic E-state index is 12.4. The van der Waals surface area contributed by atoms with Crippen LogP contribution >= 0.6 is 7.37 Å². The third-order valence-electron chi connectivity index (χ3n) is 4.94. The molecule has 27 heavy (non-hydrogen) atoms. The summed E-state index contributed by atoms with van der Waals surface area (Å²) in [4.78, 5) is 34.5. The fourth-order valence-corrected chi connectivity index (χ4v) is 7.88. The summed E-state index contributed by atoms with van der Waals surface area (Å²) in [5, 5.41) is 12.8. The van der Waals surface area contributed by atoms with Gasteiger partial charge >= 0.3 is 169 Å². The minimum absolute atomic E-state index is 0.0000790. The molecule has 1 fully saturated rings. The molecule has 158 valence electrons. The Morgan fingerprint density at radius 1 is 1.22 bits per heavy atom. The first-order valence-corrected chi connectivity index (χ1v) is 14.1. The number of nitrogens with one attached hydrogen (secondary N) is 1. The van der Waals surface area contributed by atoms with Gasteiger partial charge in [-0.3, -0.25) is 0 Å². The van der Waals surface area contributed by atoms with E-state index in [1.54, 1.807) is 6.92 Å². The number of hydrogen-bond acceptors (Lipinski definition) is 5. The second-order valence-corrected chi connectivity index (χ2v) is 13.5. The quantitative estimate of drug-likeness (QED) is 0.266. The predicted molar refractivity (Wildman–Crippen MR) is 110 cm³/mol.